The first-order valence-corrected chi connectivity index (χ1v) is 13.1. The summed E-state index contributed by atoms with van der Waals surface area (Å²) in [5, 5.41) is 13.3. The summed E-state index contributed by atoms with van der Waals surface area (Å²) in [6.45, 7) is 3.65. The van der Waals surface area contributed by atoms with Crippen LogP contribution in [0.15, 0.2) is 73.3 Å². The Kier molecular flexibility index (Phi) is 6.67. The highest BCUT2D eigenvalue weighted by molar-refractivity contribution is 7.10. The van der Waals surface area contributed by atoms with Gasteiger partial charge in [0.2, 0.25) is 0 Å². The van der Waals surface area contributed by atoms with Gasteiger partial charge in [-0.3, -0.25) is 19.5 Å². The third kappa shape index (κ3) is 4.57. The van der Waals surface area contributed by atoms with Gasteiger partial charge in [0.25, 0.3) is 11.2 Å². The van der Waals surface area contributed by atoms with Crippen LogP contribution in [-0.2, 0) is 9.53 Å². The van der Waals surface area contributed by atoms with Gasteiger partial charge in [0.1, 0.15) is 17.6 Å². The summed E-state index contributed by atoms with van der Waals surface area (Å²) < 4.78 is 13.0. The van der Waals surface area contributed by atoms with E-state index in [0.29, 0.717) is 42.7 Å². The lowest BCUT2D eigenvalue weighted by Crippen LogP contribution is -2.39. The molecule has 0 spiro atoms. The topological polar surface area (TPSA) is 117 Å². The van der Waals surface area contributed by atoms with Gasteiger partial charge >= 0.3 is 5.97 Å². The lowest BCUT2D eigenvalue weighted by Gasteiger charge is -2.23. The van der Waals surface area contributed by atoms with Crippen LogP contribution in [0.5, 0.6) is 0 Å². The molecule has 4 aromatic rings. The number of nitro benzene ring substituents is 1. The minimum absolute atomic E-state index is 0.119. The van der Waals surface area contributed by atoms with Crippen molar-refractivity contribution < 1.29 is 18.9 Å². The number of furan rings is 1. The van der Waals surface area contributed by atoms with Gasteiger partial charge in [-0.1, -0.05) is 29.0 Å². The van der Waals surface area contributed by atoms with Gasteiger partial charge < -0.3 is 9.15 Å². The number of aromatic nitrogens is 1. The average molecular weight is 556 g/mol. The number of rotatable bonds is 6. The van der Waals surface area contributed by atoms with Crippen LogP contribution < -0.4 is 14.9 Å². The highest BCUT2D eigenvalue weighted by Crippen LogP contribution is 2.34. The van der Waals surface area contributed by atoms with Gasteiger partial charge in [-0.05, 0) is 43.5 Å². The monoisotopic (exact) mass is 555 g/mol. The van der Waals surface area contributed by atoms with Gasteiger partial charge in [-0.25, -0.2) is 9.79 Å². The first-order chi connectivity index (χ1) is 17.8. The van der Waals surface area contributed by atoms with Crippen LogP contribution in [0, 0.1) is 10.1 Å². The molecule has 0 amide bonds. The maximum atomic E-state index is 13.6. The molecule has 3 aromatic heterocycles. The minimum Gasteiger partial charge on any atom is -0.463 e. The van der Waals surface area contributed by atoms with Gasteiger partial charge in [0.05, 0.1) is 32.4 Å². The van der Waals surface area contributed by atoms with Crippen molar-refractivity contribution in [2.24, 2.45) is 4.99 Å². The zero-order valence-corrected chi connectivity index (χ0v) is 21.9. The van der Waals surface area contributed by atoms with Crippen LogP contribution in [0.25, 0.3) is 17.4 Å². The van der Waals surface area contributed by atoms with Crippen molar-refractivity contribution in [3.8, 4) is 11.3 Å². The molecular formula is C25H18ClN3O6S2. The van der Waals surface area contributed by atoms with Crippen LogP contribution >= 0.6 is 34.3 Å². The fourth-order valence-electron chi connectivity index (χ4n) is 4.03. The third-order valence-electron chi connectivity index (χ3n) is 5.66. The quantitative estimate of drug-likeness (QED) is 0.194. The Labute approximate surface area is 222 Å². The Morgan fingerprint density at radius 3 is 2.84 bits per heavy atom. The first-order valence-electron chi connectivity index (χ1n) is 11.1. The standard InChI is InChI=1S/C25H18ClN3O6S2/c1-3-34-24(31)21-13(2)27-25-28(22(21)19-5-4-10-36-19)23(30)20(37-25)12-15-7-9-18(35-15)16-11-14(29(32)33)6-8-17(16)26/h4-12,22H,3H2,1-2H3/b20-12+/t22-/m0/s1. The number of carbonyl (C=O) groups excluding carboxylic acids is 1. The number of nitro groups is 1. The molecule has 1 atom stereocenters. The van der Waals surface area contributed by atoms with Crippen LogP contribution in [0.2, 0.25) is 5.02 Å². The highest BCUT2D eigenvalue weighted by Gasteiger charge is 2.33. The number of nitrogens with zero attached hydrogens (tertiary/aromatic N) is 3. The molecule has 0 saturated carbocycles. The Balaban J connectivity index is 1.61. The molecule has 1 aliphatic rings. The number of carbonyl (C=O) groups is 1. The largest absolute Gasteiger partial charge is 0.463 e. The molecule has 0 N–H and O–H groups in total. The summed E-state index contributed by atoms with van der Waals surface area (Å²) in [6.07, 6.45) is 1.58. The SMILES string of the molecule is CCOC(=O)C1=C(C)N=c2s/c(=C/c3ccc(-c4cc([N+](=O)[O-])ccc4Cl)o3)c(=O)n2[C@H]1c1cccs1. The number of non-ortho nitro benzene ring substituents is 1. The van der Waals surface area contributed by atoms with Gasteiger partial charge in [-0.2, -0.15) is 0 Å². The average Bonchev–Trinajstić information content (AvgIpc) is 3.61. The van der Waals surface area contributed by atoms with Crippen LogP contribution in [0.4, 0.5) is 5.69 Å². The molecular weight excluding hydrogens is 538 g/mol. The molecule has 1 aliphatic heterocycles. The van der Waals surface area contributed by atoms with Crippen molar-refractivity contribution in [3.63, 3.8) is 0 Å². The summed E-state index contributed by atoms with van der Waals surface area (Å²) in [4.78, 5) is 42.9. The number of ether oxygens (including phenoxy) is 1. The van der Waals surface area contributed by atoms with E-state index in [-0.39, 0.29) is 17.9 Å². The van der Waals surface area contributed by atoms with Crippen molar-refractivity contribution in [1.29, 1.82) is 0 Å². The number of fused-ring (bicyclic) bond motifs is 1. The predicted molar refractivity (Wildman–Crippen MR) is 141 cm³/mol. The highest BCUT2D eigenvalue weighted by atomic mass is 35.5. The van der Waals surface area contributed by atoms with Gasteiger partial charge in [0.15, 0.2) is 4.80 Å². The molecule has 188 valence electrons. The summed E-state index contributed by atoms with van der Waals surface area (Å²) in [6, 6.07) is 10.4. The van der Waals surface area contributed by atoms with E-state index in [2.05, 4.69) is 4.99 Å². The molecule has 0 unspecified atom stereocenters. The summed E-state index contributed by atoms with van der Waals surface area (Å²) in [5.41, 5.74) is 0.730. The molecule has 5 rings (SSSR count). The number of hydrogen-bond donors (Lipinski definition) is 0. The zero-order valence-electron chi connectivity index (χ0n) is 19.5. The van der Waals surface area contributed by atoms with E-state index >= 15 is 0 Å². The molecule has 0 fully saturated rings. The Morgan fingerprint density at radius 2 is 2.14 bits per heavy atom. The van der Waals surface area contributed by atoms with Crippen molar-refractivity contribution in [1.82, 2.24) is 4.57 Å². The normalized spacial score (nSPS) is 15.4. The third-order valence-corrected chi connectivity index (χ3v) is 7.89. The number of benzene rings is 1. The Hall–Kier alpha value is -3.80. The fourth-order valence-corrected chi connectivity index (χ4v) is 6.09. The van der Waals surface area contributed by atoms with E-state index in [1.165, 1.54) is 45.4 Å². The number of hydrogen-bond acceptors (Lipinski definition) is 9. The Morgan fingerprint density at radius 1 is 1.32 bits per heavy atom. The summed E-state index contributed by atoms with van der Waals surface area (Å²) >= 11 is 8.85. The number of halogens is 1. The molecule has 1 aromatic carbocycles. The van der Waals surface area contributed by atoms with Crippen molar-refractivity contribution in [3.05, 3.63) is 105 Å². The number of thiazole rings is 1. The fraction of sp³-hybridized carbons (Fsp3) is 0.160. The molecule has 12 heteroatoms. The lowest BCUT2D eigenvalue weighted by molar-refractivity contribution is -0.384. The van der Waals surface area contributed by atoms with E-state index < -0.39 is 16.9 Å². The van der Waals surface area contributed by atoms with E-state index in [1.807, 2.05) is 17.5 Å². The summed E-state index contributed by atoms with van der Waals surface area (Å²) in [7, 11) is 0. The second-order valence-corrected chi connectivity index (χ2v) is 10.3. The van der Waals surface area contributed by atoms with E-state index in [1.54, 1.807) is 32.1 Å². The van der Waals surface area contributed by atoms with E-state index in [9.17, 15) is 19.7 Å². The number of thiophene rings is 1. The van der Waals surface area contributed by atoms with Crippen molar-refractivity contribution in [2.75, 3.05) is 6.61 Å². The second-order valence-electron chi connectivity index (χ2n) is 7.94. The molecule has 9 nitrogen and oxygen atoms in total. The van der Waals surface area contributed by atoms with Gasteiger partial charge in [0, 0.05) is 28.6 Å². The zero-order chi connectivity index (χ0) is 26.3. The van der Waals surface area contributed by atoms with Crippen LogP contribution in [-0.4, -0.2) is 22.1 Å². The first kappa shape index (κ1) is 24.9. The summed E-state index contributed by atoms with van der Waals surface area (Å²) in [5.74, 6) is 0.169. The molecule has 4 heterocycles. The molecule has 0 saturated heterocycles. The van der Waals surface area contributed by atoms with Crippen LogP contribution in [0.3, 0.4) is 0 Å². The smallest absolute Gasteiger partial charge is 0.338 e. The number of allylic oxidation sites excluding steroid dienone is 1. The number of esters is 1. The Bertz CT molecular complexity index is 1750. The minimum atomic E-state index is -0.659. The molecule has 0 radical (unpaired) electrons. The lowest BCUT2D eigenvalue weighted by atomic mass is 10.0. The van der Waals surface area contributed by atoms with Crippen LogP contribution in [0.1, 0.15) is 30.5 Å². The van der Waals surface area contributed by atoms with Crippen molar-refractivity contribution >= 4 is 52.0 Å². The predicted octanol–water partition coefficient (Wildman–Crippen LogP) is 4.68. The molecule has 0 aliphatic carbocycles. The second kappa shape index (κ2) is 9.92. The molecule has 0 bridgehead atoms. The maximum Gasteiger partial charge on any atom is 0.338 e. The van der Waals surface area contributed by atoms with E-state index in [0.717, 1.165) is 4.88 Å². The molecule has 37 heavy (non-hydrogen) atoms. The van der Waals surface area contributed by atoms with E-state index in [4.69, 9.17) is 20.8 Å². The van der Waals surface area contributed by atoms with Crippen molar-refractivity contribution in [2.45, 2.75) is 19.9 Å². The maximum absolute atomic E-state index is 13.6. The van der Waals surface area contributed by atoms with Gasteiger partial charge in [-0.15, -0.1) is 11.3 Å².